The van der Waals surface area contributed by atoms with E-state index in [1.807, 2.05) is 0 Å². The molecule has 1 saturated carbocycles. The van der Waals surface area contributed by atoms with Gasteiger partial charge in [0.25, 0.3) is 0 Å². The van der Waals surface area contributed by atoms with Crippen LogP contribution in [0.1, 0.15) is 37.3 Å². The summed E-state index contributed by atoms with van der Waals surface area (Å²) < 4.78 is 4.13. The van der Waals surface area contributed by atoms with Gasteiger partial charge in [-0.05, 0) is 0 Å². The SMILES string of the molecule is CC[CH2][In]1[CH2]Cc2ccccc2[C]12CC2. The van der Waals surface area contributed by atoms with Gasteiger partial charge in [-0.25, -0.2) is 0 Å². The van der Waals surface area contributed by atoms with Gasteiger partial charge in [-0.15, -0.1) is 0 Å². The average Bonchev–Trinajstić information content (AvgIpc) is 3.05. The van der Waals surface area contributed by atoms with Crippen LogP contribution in [0.3, 0.4) is 0 Å². The van der Waals surface area contributed by atoms with E-state index in [2.05, 4.69) is 31.2 Å². The minimum absolute atomic E-state index is 0.840. The molecule has 1 aromatic rings. The molecule has 15 heavy (non-hydrogen) atoms. The summed E-state index contributed by atoms with van der Waals surface area (Å²) in [7, 11) is 0. The van der Waals surface area contributed by atoms with Crippen LogP contribution in [0.4, 0.5) is 0 Å². The maximum atomic E-state index is 2.45. The Kier molecular flexibility index (Phi) is 2.62. The zero-order valence-corrected chi connectivity index (χ0v) is 12.9. The summed E-state index contributed by atoms with van der Waals surface area (Å²) in [4.78, 5) is 0. The molecule has 1 aliphatic carbocycles. The fourth-order valence-electron chi connectivity index (χ4n) is 3.63. The van der Waals surface area contributed by atoms with E-state index >= 15 is 0 Å². The van der Waals surface area contributed by atoms with Gasteiger partial charge in [0, 0.05) is 0 Å². The molecule has 0 atom stereocenters. The molecule has 1 aromatic carbocycles. The van der Waals surface area contributed by atoms with E-state index in [0.29, 0.717) is 0 Å². The van der Waals surface area contributed by atoms with E-state index in [9.17, 15) is 0 Å². The molecule has 0 saturated heterocycles. The first-order valence-corrected chi connectivity index (χ1v) is 12.8. The standard InChI is InChI=1S/C11H12.C3H7.In/c1-2-9-5-3-4-6-11(9)10-7-8-10;1-3-2;/h3-6H,1-2,7-8H2;1,3H2,2H3;. The van der Waals surface area contributed by atoms with Crippen molar-refractivity contribution in [3.05, 3.63) is 35.4 Å². The first kappa shape index (κ1) is 10.3. The Morgan fingerprint density at radius 2 is 2.07 bits per heavy atom. The van der Waals surface area contributed by atoms with Gasteiger partial charge in [-0.3, -0.25) is 0 Å². The third-order valence-corrected chi connectivity index (χ3v) is 18.0. The number of aryl methyl sites for hydroxylation is 1. The van der Waals surface area contributed by atoms with Crippen molar-refractivity contribution in [3.8, 4) is 0 Å². The van der Waals surface area contributed by atoms with Crippen molar-refractivity contribution < 1.29 is 0 Å². The number of rotatable bonds is 2. The van der Waals surface area contributed by atoms with E-state index in [-0.39, 0.29) is 0 Å². The molecule has 78 valence electrons. The van der Waals surface area contributed by atoms with Gasteiger partial charge in [-0.2, -0.15) is 0 Å². The molecule has 3 rings (SSSR count). The summed E-state index contributed by atoms with van der Waals surface area (Å²) >= 11 is -1.20. The third-order valence-electron chi connectivity index (χ3n) is 4.52. The second-order valence-electron chi connectivity index (χ2n) is 5.34. The quantitative estimate of drug-likeness (QED) is 0.781. The molecular weight excluding hydrogens is 283 g/mol. The van der Waals surface area contributed by atoms with E-state index < -0.39 is 21.4 Å². The van der Waals surface area contributed by atoms with Crippen LogP contribution in [0.2, 0.25) is 8.35 Å². The van der Waals surface area contributed by atoms with Crippen molar-refractivity contribution in [2.24, 2.45) is 0 Å². The van der Waals surface area contributed by atoms with E-state index in [1.165, 1.54) is 12.8 Å². The van der Waals surface area contributed by atoms with Crippen LogP contribution in [0.25, 0.3) is 0 Å². The Morgan fingerprint density at radius 3 is 2.80 bits per heavy atom. The monoisotopic (exact) mass is 302 g/mol. The van der Waals surface area contributed by atoms with Gasteiger partial charge in [0.2, 0.25) is 0 Å². The van der Waals surface area contributed by atoms with Crippen molar-refractivity contribution >= 4 is 21.4 Å². The fraction of sp³-hybridized carbons (Fsp3) is 0.571. The number of benzene rings is 1. The van der Waals surface area contributed by atoms with Gasteiger partial charge in [0.05, 0.1) is 0 Å². The van der Waals surface area contributed by atoms with Crippen LogP contribution in [-0.4, -0.2) is 21.4 Å². The Labute approximate surface area is 101 Å². The van der Waals surface area contributed by atoms with Crippen LogP contribution in [0.15, 0.2) is 24.3 Å². The Hall–Kier alpha value is 0.0901. The number of fused-ring (bicyclic) bond motifs is 2. The van der Waals surface area contributed by atoms with Crippen molar-refractivity contribution in [2.75, 3.05) is 0 Å². The molecule has 2 aliphatic rings. The van der Waals surface area contributed by atoms with Crippen LogP contribution in [0, 0.1) is 0 Å². The van der Waals surface area contributed by atoms with Crippen LogP contribution in [0.5, 0.6) is 0 Å². The summed E-state index contributed by atoms with van der Waals surface area (Å²) in [6.07, 6.45) is 5.96. The van der Waals surface area contributed by atoms with E-state index in [0.717, 1.165) is 3.17 Å². The van der Waals surface area contributed by atoms with Gasteiger partial charge in [0.15, 0.2) is 0 Å². The van der Waals surface area contributed by atoms with Crippen molar-refractivity contribution in [2.45, 2.75) is 44.1 Å². The number of hydrogen-bond donors (Lipinski definition) is 0. The molecule has 1 heteroatoms. The molecule has 0 nitrogen and oxygen atoms in total. The third kappa shape index (κ3) is 1.58. The number of hydrogen-bond acceptors (Lipinski definition) is 0. The summed E-state index contributed by atoms with van der Waals surface area (Å²) in [5.74, 6) is 0. The molecule has 1 fully saturated rings. The van der Waals surface area contributed by atoms with Crippen molar-refractivity contribution in [3.63, 3.8) is 0 Å². The normalized spacial score (nSPS) is 21.5. The minimum atomic E-state index is -1.20. The predicted octanol–water partition coefficient (Wildman–Crippen LogP) is 3.72. The molecule has 0 bridgehead atoms. The van der Waals surface area contributed by atoms with E-state index in [4.69, 9.17) is 0 Å². The first-order valence-electron chi connectivity index (χ1n) is 6.45. The molecule has 0 unspecified atom stereocenters. The zero-order valence-electron chi connectivity index (χ0n) is 9.63. The zero-order chi connectivity index (χ0) is 10.3. The van der Waals surface area contributed by atoms with Crippen LogP contribution >= 0.6 is 0 Å². The second kappa shape index (κ2) is 3.84. The molecule has 1 heterocycles. The van der Waals surface area contributed by atoms with Gasteiger partial charge in [-0.1, -0.05) is 0 Å². The fourth-order valence-corrected chi connectivity index (χ4v) is 16.3. The molecule has 0 aromatic heterocycles. The molecule has 1 spiro atoms. The van der Waals surface area contributed by atoms with Crippen molar-refractivity contribution in [1.82, 2.24) is 0 Å². The Morgan fingerprint density at radius 1 is 1.27 bits per heavy atom. The molecule has 0 radical (unpaired) electrons. The Balaban J connectivity index is 1.98. The van der Waals surface area contributed by atoms with Crippen LogP contribution < -0.4 is 0 Å². The topological polar surface area (TPSA) is 0 Å². The summed E-state index contributed by atoms with van der Waals surface area (Å²) in [5.41, 5.74) is 3.49. The molecule has 0 N–H and O–H groups in total. The maximum absolute atomic E-state index is 2.45. The van der Waals surface area contributed by atoms with Crippen molar-refractivity contribution in [1.29, 1.82) is 0 Å². The summed E-state index contributed by atoms with van der Waals surface area (Å²) in [6, 6.07) is 9.31. The van der Waals surface area contributed by atoms with Gasteiger partial charge in [0.1, 0.15) is 0 Å². The van der Waals surface area contributed by atoms with E-state index in [1.54, 1.807) is 32.3 Å². The molecular formula is C14H19In. The predicted molar refractivity (Wildman–Crippen MR) is 66.7 cm³/mol. The summed E-state index contributed by atoms with van der Waals surface area (Å²) in [5, 5.41) is 0. The Bertz CT molecular complexity index is 365. The van der Waals surface area contributed by atoms with Gasteiger partial charge < -0.3 is 0 Å². The van der Waals surface area contributed by atoms with Crippen LogP contribution in [-0.2, 0) is 9.59 Å². The van der Waals surface area contributed by atoms with Gasteiger partial charge >= 0.3 is 101 Å². The summed E-state index contributed by atoms with van der Waals surface area (Å²) in [6.45, 7) is 2.38. The second-order valence-corrected chi connectivity index (χ2v) is 15.8. The molecule has 1 aliphatic heterocycles. The average molecular weight is 302 g/mol. The molecule has 0 amide bonds. The first-order chi connectivity index (χ1) is 7.37.